The maximum atomic E-state index is 11.8. The van der Waals surface area contributed by atoms with Crippen molar-refractivity contribution in [2.45, 2.75) is 12.8 Å². The van der Waals surface area contributed by atoms with Crippen LogP contribution in [0.3, 0.4) is 0 Å². The number of carbonyl (C=O) groups excluding carboxylic acids is 1. The van der Waals surface area contributed by atoms with Crippen molar-refractivity contribution >= 4 is 24.6 Å². The highest BCUT2D eigenvalue weighted by Crippen LogP contribution is 2.35. The molecule has 0 saturated carbocycles. The standard InChI is InChI=1S/C13H13O7P/c14-10(5-6-19-21(16,17)18)7-9-8-13(15)20-12-4-2-1-3-11(9)12/h1-4,8H,5-7H2,(H2,16,17,18). The molecule has 0 fully saturated rings. The van der Waals surface area contributed by atoms with E-state index in [1.54, 1.807) is 24.3 Å². The second-order valence-electron chi connectivity index (χ2n) is 4.38. The maximum absolute atomic E-state index is 11.8. The van der Waals surface area contributed by atoms with Gasteiger partial charge in [-0.3, -0.25) is 9.32 Å². The van der Waals surface area contributed by atoms with Crippen LogP contribution >= 0.6 is 7.82 Å². The van der Waals surface area contributed by atoms with E-state index in [9.17, 15) is 14.2 Å². The molecule has 2 aromatic rings. The zero-order valence-electron chi connectivity index (χ0n) is 10.9. The van der Waals surface area contributed by atoms with Gasteiger partial charge in [-0.15, -0.1) is 0 Å². The Labute approximate surface area is 119 Å². The van der Waals surface area contributed by atoms with Crippen molar-refractivity contribution in [3.8, 4) is 0 Å². The van der Waals surface area contributed by atoms with Crippen LogP contribution in [0.1, 0.15) is 12.0 Å². The quantitative estimate of drug-likeness (QED) is 0.612. The van der Waals surface area contributed by atoms with Gasteiger partial charge in [0.25, 0.3) is 0 Å². The zero-order valence-corrected chi connectivity index (χ0v) is 11.8. The highest BCUT2D eigenvalue weighted by atomic mass is 31.2. The molecule has 2 N–H and O–H groups in total. The molecule has 21 heavy (non-hydrogen) atoms. The first-order valence-corrected chi connectivity index (χ1v) is 7.62. The molecule has 7 nitrogen and oxygen atoms in total. The first kappa shape index (κ1) is 15.6. The minimum atomic E-state index is -4.57. The number of phosphoric ester groups is 1. The Bertz CT molecular complexity index is 758. The summed E-state index contributed by atoms with van der Waals surface area (Å²) in [5, 5.41) is 0.654. The van der Waals surface area contributed by atoms with E-state index in [1.807, 2.05) is 0 Å². The Balaban J connectivity index is 2.11. The molecule has 0 aliphatic carbocycles. The Kier molecular flexibility index (Phi) is 4.69. The van der Waals surface area contributed by atoms with E-state index in [0.29, 0.717) is 16.5 Å². The predicted molar refractivity (Wildman–Crippen MR) is 73.8 cm³/mol. The van der Waals surface area contributed by atoms with E-state index < -0.39 is 13.4 Å². The van der Waals surface area contributed by atoms with Crippen molar-refractivity contribution in [1.29, 1.82) is 0 Å². The summed E-state index contributed by atoms with van der Waals surface area (Å²) in [5.41, 5.74) is 0.352. The van der Waals surface area contributed by atoms with Crippen molar-refractivity contribution in [3.63, 3.8) is 0 Å². The van der Waals surface area contributed by atoms with Gasteiger partial charge in [0.15, 0.2) is 0 Å². The van der Waals surface area contributed by atoms with Crippen molar-refractivity contribution in [3.05, 3.63) is 46.3 Å². The Morgan fingerprint density at radius 3 is 2.71 bits per heavy atom. The molecule has 1 aromatic carbocycles. The summed E-state index contributed by atoms with van der Waals surface area (Å²) in [6.45, 7) is -0.373. The van der Waals surface area contributed by atoms with Crippen LogP contribution in [0.2, 0.25) is 0 Å². The number of phosphoric acid groups is 1. The number of ketones is 1. The molecule has 0 aliphatic rings. The lowest BCUT2D eigenvalue weighted by Gasteiger charge is -2.06. The van der Waals surface area contributed by atoms with Gasteiger partial charge in [-0.05, 0) is 11.6 Å². The smallest absolute Gasteiger partial charge is 0.423 e. The monoisotopic (exact) mass is 312 g/mol. The fourth-order valence-electron chi connectivity index (χ4n) is 1.90. The molecule has 112 valence electrons. The van der Waals surface area contributed by atoms with Crippen LogP contribution in [0.15, 0.2) is 39.5 Å². The first-order valence-electron chi connectivity index (χ1n) is 6.09. The lowest BCUT2D eigenvalue weighted by atomic mass is 10.0. The van der Waals surface area contributed by atoms with Gasteiger partial charge in [-0.25, -0.2) is 9.36 Å². The third-order valence-electron chi connectivity index (χ3n) is 2.76. The van der Waals surface area contributed by atoms with Crippen molar-refractivity contribution in [1.82, 2.24) is 0 Å². The van der Waals surface area contributed by atoms with Crippen molar-refractivity contribution < 1.29 is 28.1 Å². The van der Waals surface area contributed by atoms with Crippen LogP contribution in [0.5, 0.6) is 0 Å². The predicted octanol–water partition coefficient (Wildman–Crippen LogP) is 1.40. The third-order valence-corrected chi connectivity index (χ3v) is 3.28. The molecule has 1 heterocycles. The first-order chi connectivity index (χ1) is 9.85. The summed E-state index contributed by atoms with van der Waals surface area (Å²) in [5.74, 6) is -0.292. The van der Waals surface area contributed by atoms with E-state index in [0.717, 1.165) is 0 Å². The SMILES string of the molecule is O=C(CCOP(=O)(O)O)Cc1cc(=O)oc2ccccc12. The van der Waals surface area contributed by atoms with E-state index in [4.69, 9.17) is 14.2 Å². The average molecular weight is 312 g/mol. The Hall–Kier alpha value is -1.79. The van der Waals surface area contributed by atoms with Gasteiger partial charge < -0.3 is 14.2 Å². The average Bonchev–Trinajstić information content (AvgIpc) is 2.36. The lowest BCUT2D eigenvalue weighted by molar-refractivity contribution is -0.118. The van der Waals surface area contributed by atoms with Crippen molar-refractivity contribution in [2.24, 2.45) is 0 Å². The summed E-state index contributed by atoms with van der Waals surface area (Å²) in [7, 11) is -4.57. The number of benzene rings is 1. The highest BCUT2D eigenvalue weighted by molar-refractivity contribution is 7.46. The number of rotatable bonds is 6. The Morgan fingerprint density at radius 2 is 2.00 bits per heavy atom. The molecule has 0 saturated heterocycles. The Morgan fingerprint density at radius 1 is 1.29 bits per heavy atom. The number of hydrogen-bond donors (Lipinski definition) is 2. The highest BCUT2D eigenvalue weighted by Gasteiger charge is 2.15. The fourth-order valence-corrected chi connectivity index (χ4v) is 2.23. The number of para-hydroxylation sites is 1. The van der Waals surface area contributed by atoms with E-state index >= 15 is 0 Å². The molecular formula is C13H13O7P. The zero-order chi connectivity index (χ0) is 15.5. The summed E-state index contributed by atoms with van der Waals surface area (Å²) < 4.78 is 19.7. The normalized spacial score (nSPS) is 11.7. The second kappa shape index (κ2) is 6.32. The topological polar surface area (TPSA) is 114 Å². The van der Waals surface area contributed by atoms with Crippen LogP contribution in [0.25, 0.3) is 11.0 Å². The second-order valence-corrected chi connectivity index (χ2v) is 5.62. The molecule has 0 aliphatic heterocycles. The van der Waals surface area contributed by atoms with Gasteiger partial charge in [0.1, 0.15) is 11.4 Å². The summed E-state index contributed by atoms with van der Waals surface area (Å²) in [6, 6.07) is 8.07. The van der Waals surface area contributed by atoms with Crippen LogP contribution in [0, 0.1) is 0 Å². The van der Waals surface area contributed by atoms with Crippen LogP contribution in [-0.2, 0) is 20.3 Å². The van der Waals surface area contributed by atoms with Crippen LogP contribution in [-0.4, -0.2) is 22.2 Å². The fraction of sp³-hybridized carbons (Fsp3) is 0.231. The van der Waals surface area contributed by atoms with Gasteiger partial charge in [0.05, 0.1) is 6.61 Å². The van der Waals surface area contributed by atoms with Gasteiger partial charge in [0, 0.05) is 24.3 Å². The largest absolute Gasteiger partial charge is 0.469 e. The lowest BCUT2D eigenvalue weighted by Crippen LogP contribution is -2.09. The molecular weight excluding hydrogens is 299 g/mol. The molecule has 0 amide bonds. The molecule has 0 unspecified atom stereocenters. The van der Waals surface area contributed by atoms with Gasteiger partial charge in [0.2, 0.25) is 0 Å². The minimum absolute atomic E-state index is 0.0311. The number of hydrogen-bond acceptors (Lipinski definition) is 5. The van der Waals surface area contributed by atoms with Gasteiger partial charge >= 0.3 is 13.4 Å². The van der Waals surface area contributed by atoms with E-state index in [-0.39, 0.29) is 25.2 Å². The summed E-state index contributed by atoms with van der Waals surface area (Å²) in [4.78, 5) is 40.3. The summed E-state index contributed by atoms with van der Waals surface area (Å²) in [6.07, 6.45) is -0.184. The molecule has 0 radical (unpaired) electrons. The van der Waals surface area contributed by atoms with E-state index in [2.05, 4.69) is 4.52 Å². The van der Waals surface area contributed by atoms with Crippen LogP contribution < -0.4 is 5.63 Å². The van der Waals surface area contributed by atoms with Crippen LogP contribution in [0.4, 0.5) is 0 Å². The molecule has 0 spiro atoms. The van der Waals surface area contributed by atoms with Gasteiger partial charge in [-0.1, -0.05) is 18.2 Å². The minimum Gasteiger partial charge on any atom is -0.423 e. The number of carbonyl (C=O) groups is 1. The number of fused-ring (bicyclic) bond motifs is 1. The van der Waals surface area contributed by atoms with Crippen molar-refractivity contribution in [2.75, 3.05) is 6.61 Å². The molecule has 0 atom stereocenters. The van der Waals surface area contributed by atoms with E-state index in [1.165, 1.54) is 6.07 Å². The molecule has 0 bridgehead atoms. The molecule has 8 heteroatoms. The molecule has 2 rings (SSSR count). The number of Topliss-reactive ketones (excluding diaryl/α,β-unsaturated/α-hetero) is 1. The van der Waals surface area contributed by atoms with Gasteiger partial charge in [-0.2, -0.15) is 0 Å². The third kappa shape index (κ3) is 4.61. The molecule has 1 aromatic heterocycles. The summed E-state index contributed by atoms with van der Waals surface area (Å²) >= 11 is 0. The maximum Gasteiger partial charge on any atom is 0.469 e.